The maximum Gasteiger partial charge on any atom is 0.234 e. The monoisotopic (exact) mass is 288 g/mol. The SMILES string of the molecule is O=C(CN1CCCCC1)NCC12CC3CC4CC(C1)C42C3. The van der Waals surface area contributed by atoms with Crippen LogP contribution in [0.15, 0.2) is 0 Å². The smallest absolute Gasteiger partial charge is 0.234 e. The molecule has 1 aliphatic heterocycles. The van der Waals surface area contributed by atoms with Crippen LogP contribution in [-0.4, -0.2) is 37.0 Å². The Morgan fingerprint density at radius 2 is 1.90 bits per heavy atom. The van der Waals surface area contributed by atoms with Crippen molar-refractivity contribution in [3.63, 3.8) is 0 Å². The number of hydrogen-bond acceptors (Lipinski definition) is 2. The summed E-state index contributed by atoms with van der Waals surface area (Å²) in [7, 11) is 0. The van der Waals surface area contributed by atoms with Crippen LogP contribution in [0.3, 0.4) is 0 Å². The molecule has 1 heterocycles. The fraction of sp³-hybridized carbons (Fsp3) is 0.944. The van der Waals surface area contributed by atoms with E-state index in [0.29, 0.717) is 17.4 Å². The fourth-order valence-electron chi connectivity index (χ4n) is 7.35. The average molecular weight is 288 g/mol. The summed E-state index contributed by atoms with van der Waals surface area (Å²) in [5.74, 6) is 3.36. The Balaban J connectivity index is 1.19. The van der Waals surface area contributed by atoms with Crippen LogP contribution in [0.4, 0.5) is 0 Å². The molecule has 116 valence electrons. The third kappa shape index (κ3) is 1.56. The van der Waals surface area contributed by atoms with Crippen LogP contribution in [0, 0.1) is 28.6 Å². The number of fused-ring (bicyclic) bond motifs is 1. The third-order valence-electron chi connectivity index (χ3n) is 8.01. The first kappa shape index (κ1) is 12.9. The zero-order valence-electron chi connectivity index (χ0n) is 13.1. The van der Waals surface area contributed by atoms with Crippen molar-refractivity contribution in [2.45, 2.75) is 51.4 Å². The Bertz CT molecular complexity index is 472. The molecule has 0 aromatic rings. The van der Waals surface area contributed by atoms with Gasteiger partial charge in [0.15, 0.2) is 0 Å². The predicted molar refractivity (Wildman–Crippen MR) is 81.7 cm³/mol. The van der Waals surface area contributed by atoms with E-state index in [4.69, 9.17) is 0 Å². The molecule has 5 rings (SSSR count). The molecule has 0 aromatic carbocycles. The predicted octanol–water partition coefficient (Wildman–Crippen LogP) is 2.41. The van der Waals surface area contributed by atoms with Crippen molar-refractivity contribution in [2.24, 2.45) is 28.6 Å². The standard InChI is InChI=1S/C18H28N2O/c21-16(11-20-4-2-1-3-5-20)19-12-17-8-13-6-14-7-15(10-17)18(14,17)9-13/h13-15H,1-12H2,(H,19,21). The molecular formula is C18H28N2O. The van der Waals surface area contributed by atoms with Crippen LogP contribution in [0.5, 0.6) is 0 Å². The summed E-state index contributed by atoms with van der Waals surface area (Å²) >= 11 is 0. The van der Waals surface area contributed by atoms with Crippen molar-refractivity contribution in [1.82, 2.24) is 10.2 Å². The molecule has 3 nitrogen and oxygen atoms in total. The highest BCUT2D eigenvalue weighted by molar-refractivity contribution is 5.78. The largest absolute Gasteiger partial charge is 0.354 e. The Morgan fingerprint density at radius 3 is 2.67 bits per heavy atom. The lowest BCUT2D eigenvalue weighted by Gasteiger charge is -2.73. The number of amides is 1. The normalized spacial score (nSPS) is 50.2. The number of carbonyl (C=O) groups excluding carboxylic acids is 1. The third-order valence-corrected chi connectivity index (χ3v) is 8.01. The molecule has 5 unspecified atom stereocenters. The summed E-state index contributed by atoms with van der Waals surface area (Å²) in [6, 6.07) is 0. The molecule has 0 aromatic heterocycles. The van der Waals surface area contributed by atoms with Crippen LogP contribution in [0.25, 0.3) is 0 Å². The van der Waals surface area contributed by atoms with Gasteiger partial charge in [-0.1, -0.05) is 6.42 Å². The number of carbonyl (C=O) groups is 1. The van der Waals surface area contributed by atoms with Gasteiger partial charge in [0.25, 0.3) is 0 Å². The highest BCUT2D eigenvalue weighted by Crippen LogP contribution is 2.86. The van der Waals surface area contributed by atoms with Gasteiger partial charge in [-0.25, -0.2) is 0 Å². The van der Waals surface area contributed by atoms with E-state index in [1.807, 2.05) is 0 Å². The second kappa shape index (κ2) is 4.24. The van der Waals surface area contributed by atoms with Gasteiger partial charge in [-0.2, -0.15) is 0 Å². The van der Waals surface area contributed by atoms with Gasteiger partial charge in [-0.05, 0) is 86.6 Å². The van der Waals surface area contributed by atoms with Gasteiger partial charge >= 0.3 is 0 Å². The van der Waals surface area contributed by atoms with Gasteiger partial charge in [0.2, 0.25) is 5.91 Å². The number of nitrogens with one attached hydrogen (secondary N) is 1. The van der Waals surface area contributed by atoms with E-state index in [1.54, 1.807) is 0 Å². The van der Waals surface area contributed by atoms with Gasteiger partial charge in [-0.3, -0.25) is 9.69 Å². The van der Waals surface area contributed by atoms with E-state index in [1.165, 1.54) is 51.4 Å². The van der Waals surface area contributed by atoms with E-state index in [0.717, 1.165) is 37.4 Å². The van der Waals surface area contributed by atoms with Crippen LogP contribution >= 0.6 is 0 Å². The Labute approximate surface area is 127 Å². The molecule has 5 aliphatic rings. The van der Waals surface area contributed by atoms with Crippen LogP contribution < -0.4 is 5.32 Å². The zero-order chi connectivity index (χ0) is 14.1. The summed E-state index contributed by atoms with van der Waals surface area (Å²) in [6.45, 7) is 3.87. The van der Waals surface area contributed by atoms with Crippen LogP contribution in [0.2, 0.25) is 0 Å². The number of piperidine rings is 1. The minimum atomic E-state index is 0.282. The first-order chi connectivity index (χ1) is 10.2. The Morgan fingerprint density at radius 1 is 1.05 bits per heavy atom. The highest BCUT2D eigenvalue weighted by atomic mass is 16.2. The number of rotatable bonds is 4. The Hall–Kier alpha value is -0.570. The molecule has 1 saturated heterocycles. The molecule has 4 saturated carbocycles. The summed E-state index contributed by atoms with van der Waals surface area (Å²) in [5.41, 5.74) is 1.23. The summed E-state index contributed by atoms with van der Waals surface area (Å²) in [6.07, 6.45) is 11.3. The van der Waals surface area contributed by atoms with Crippen LogP contribution in [-0.2, 0) is 4.79 Å². The van der Waals surface area contributed by atoms with Crippen molar-refractivity contribution in [2.75, 3.05) is 26.2 Å². The lowest BCUT2D eigenvalue weighted by molar-refractivity contribution is -0.241. The molecule has 5 fully saturated rings. The molecule has 21 heavy (non-hydrogen) atoms. The molecule has 1 amide bonds. The van der Waals surface area contributed by atoms with Crippen molar-refractivity contribution in [1.29, 1.82) is 0 Å². The van der Waals surface area contributed by atoms with E-state index < -0.39 is 0 Å². The number of likely N-dealkylation sites (tertiary alicyclic amines) is 1. The van der Waals surface area contributed by atoms with Gasteiger partial charge < -0.3 is 5.32 Å². The number of hydrogen-bond donors (Lipinski definition) is 1. The van der Waals surface area contributed by atoms with Gasteiger partial charge in [0, 0.05) is 6.54 Å². The molecule has 0 radical (unpaired) electrons. The summed E-state index contributed by atoms with van der Waals surface area (Å²) in [5, 5.41) is 3.33. The first-order valence-corrected chi connectivity index (χ1v) is 9.21. The van der Waals surface area contributed by atoms with Crippen molar-refractivity contribution >= 4 is 5.91 Å². The fourth-order valence-corrected chi connectivity index (χ4v) is 7.35. The Kier molecular flexibility index (Phi) is 2.61. The lowest BCUT2D eigenvalue weighted by atomic mass is 9.32. The molecule has 3 heteroatoms. The van der Waals surface area contributed by atoms with E-state index in [-0.39, 0.29) is 5.91 Å². The summed E-state index contributed by atoms with van der Waals surface area (Å²) in [4.78, 5) is 14.6. The lowest BCUT2D eigenvalue weighted by Crippen LogP contribution is -2.69. The maximum atomic E-state index is 12.3. The molecule has 1 N–H and O–H groups in total. The maximum absolute atomic E-state index is 12.3. The summed E-state index contributed by atoms with van der Waals surface area (Å²) < 4.78 is 0. The van der Waals surface area contributed by atoms with E-state index >= 15 is 0 Å². The first-order valence-electron chi connectivity index (χ1n) is 9.21. The second-order valence-corrected chi connectivity index (χ2v) is 8.78. The minimum Gasteiger partial charge on any atom is -0.354 e. The zero-order valence-corrected chi connectivity index (χ0v) is 13.1. The van der Waals surface area contributed by atoms with E-state index in [2.05, 4.69) is 10.2 Å². The highest BCUT2D eigenvalue weighted by Gasteiger charge is 2.79. The molecule has 2 bridgehead atoms. The number of nitrogens with zero attached hydrogens (tertiary/aromatic N) is 1. The molecular weight excluding hydrogens is 260 g/mol. The quantitative estimate of drug-likeness (QED) is 0.861. The molecule has 5 atom stereocenters. The van der Waals surface area contributed by atoms with Crippen LogP contribution in [0.1, 0.15) is 51.4 Å². The topological polar surface area (TPSA) is 32.3 Å². The average Bonchev–Trinajstić information content (AvgIpc) is 2.94. The van der Waals surface area contributed by atoms with E-state index in [9.17, 15) is 4.79 Å². The van der Waals surface area contributed by atoms with Crippen molar-refractivity contribution < 1.29 is 4.79 Å². The molecule has 4 aliphatic carbocycles. The minimum absolute atomic E-state index is 0.282. The van der Waals surface area contributed by atoms with Gasteiger partial charge in [0.1, 0.15) is 0 Å². The van der Waals surface area contributed by atoms with Gasteiger partial charge in [0.05, 0.1) is 6.54 Å². The second-order valence-electron chi connectivity index (χ2n) is 8.78. The van der Waals surface area contributed by atoms with Gasteiger partial charge in [-0.15, -0.1) is 0 Å². The molecule has 1 spiro atoms. The van der Waals surface area contributed by atoms with Crippen molar-refractivity contribution in [3.05, 3.63) is 0 Å². The van der Waals surface area contributed by atoms with Crippen molar-refractivity contribution in [3.8, 4) is 0 Å².